The van der Waals surface area contributed by atoms with Crippen LogP contribution in [0.25, 0.3) is 0 Å². The van der Waals surface area contributed by atoms with E-state index in [9.17, 15) is 4.79 Å². The van der Waals surface area contributed by atoms with Gasteiger partial charge in [-0.2, -0.15) is 0 Å². The summed E-state index contributed by atoms with van der Waals surface area (Å²) in [5, 5.41) is 0. The molecule has 80 valence electrons. The van der Waals surface area contributed by atoms with Gasteiger partial charge in [0.15, 0.2) is 0 Å². The number of ether oxygens (including phenoxy) is 1. The normalized spacial score (nSPS) is 10.9. The van der Waals surface area contributed by atoms with E-state index in [1.54, 1.807) is 12.3 Å². The molecule has 1 aromatic rings. The standard InChI is InChI=1S/C12H15NO2/c1-10(2)6-7-12(14)15-9-11-5-3-4-8-13-11/h3-8,10H,9H2,1-2H3/b7-6+. The molecule has 0 saturated carbocycles. The van der Waals surface area contributed by atoms with Crippen LogP contribution in [0.1, 0.15) is 19.5 Å². The predicted octanol–water partition coefficient (Wildman–Crippen LogP) is 2.34. The molecule has 0 N–H and O–H groups in total. The number of carbonyl (C=O) groups is 1. The summed E-state index contributed by atoms with van der Waals surface area (Å²) in [6, 6.07) is 5.50. The summed E-state index contributed by atoms with van der Waals surface area (Å²) < 4.78 is 4.99. The monoisotopic (exact) mass is 205 g/mol. The quantitative estimate of drug-likeness (QED) is 0.559. The van der Waals surface area contributed by atoms with Crippen molar-refractivity contribution < 1.29 is 9.53 Å². The minimum Gasteiger partial charge on any atom is -0.456 e. The number of carbonyl (C=O) groups excluding carboxylic acids is 1. The predicted molar refractivity (Wildman–Crippen MR) is 58.0 cm³/mol. The fraction of sp³-hybridized carbons (Fsp3) is 0.333. The number of rotatable bonds is 4. The molecule has 0 unspecified atom stereocenters. The lowest BCUT2D eigenvalue weighted by Crippen LogP contribution is -2.02. The molecule has 0 saturated heterocycles. The van der Waals surface area contributed by atoms with Gasteiger partial charge in [0.05, 0.1) is 5.69 Å². The van der Waals surface area contributed by atoms with Gasteiger partial charge >= 0.3 is 5.97 Å². The molecule has 0 aliphatic heterocycles. The number of hydrogen-bond acceptors (Lipinski definition) is 3. The van der Waals surface area contributed by atoms with Gasteiger partial charge in [-0.25, -0.2) is 4.79 Å². The first kappa shape index (κ1) is 11.4. The minimum atomic E-state index is -0.325. The van der Waals surface area contributed by atoms with Crippen molar-refractivity contribution in [1.82, 2.24) is 4.98 Å². The summed E-state index contributed by atoms with van der Waals surface area (Å²) in [6.45, 7) is 4.23. The molecule has 0 aliphatic carbocycles. The Bertz CT molecular complexity index is 331. The summed E-state index contributed by atoms with van der Waals surface area (Å²) in [4.78, 5) is 15.2. The zero-order chi connectivity index (χ0) is 11.1. The van der Waals surface area contributed by atoms with Crippen LogP contribution < -0.4 is 0 Å². The molecule has 0 aromatic carbocycles. The van der Waals surface area contributed by atoms with Crippen LogP contribution in [0.3, 0.4) is 0 Å². The van der Waals surface area contributed by atoms with Crippen LogP contribution >= 0.6 is 0 Å². The molecule has 0 radical (unpaired) electrons. The van der Waals surface area contributed by atoms with Crippen LogP contribution in [-0.2, 0) is 16.1 Å². The average molecular weight is 205 g/mol. The SMILES string of the molecule is CC(C)/C=C/C(=O)OCc1ccccn1. The topological polar surface area (TPSA) is 39.2 Å². The van der Waals surface area contributed by atoms with Gasteiger partial charge in [0.25, 0.3) is 0 Å². The van der Waals surface area contributed by atoms with E-state index < -0.39 is 0 Å². The van der Waals surface area contributed by atoms with E-state index in [0.717, 1.165) is 5.69 Å². The molecule has 3 nitrogen and oxygen atoms in total. The molecule has 0 amide bonds. The van der Waals surface area contributed by atoms with E-state index >= 15 is 0 Å². The van der Waals surface area contributed by atoms with Crippen molar-refractivity contribution in [2.45, 2.75) is 20.5 Å². The van der Waals surface area contributed by atoms with Gasteiger partial charge in [-0.3, -0.25) is 4.98 Å². The second-order valence-electron chi connectivity index (χ2n) is 3.53. The molecular formula is C12H15NO2. The number of pyridine rings is 1. The maximum Gasteiger partial charge on any atom is 0.330 e. The smallest absolute Gasteiger partial charge is 0.330 e. The first-order valence-electron chi connectivity index (χ1n) is 4.93. The lowest BCUT2D eigenvalue weighted by Gasteiger charge is -2.00. The number of nitrogens with zero attached hydrogens (tertiary/aromatic N) is 1. The Hall–Kier alpha value is -1.64. The van der Waals surface area contributed by atoms with E-state index in [1.165, 1.54) is 6.08 Å². The van der Waals surface area contributed by atoms with E-state index in [1.807, 2.05) is 32.0 Å². The molecule has 0 aliphatic rings. The molecule has 3 heteroatoms. The summed E-state index contributed by atoms with van der Waals surface area (Å²) in [6.07, 6.45) is 4.93. The minimum absolute atomic E-state index is 0.224. The lowest BCUT2D eigenvalue weighted by molar-refractivity contribution is -0.139. The number of allylic oxidation sites excluding steroid dienone is 1. The van der Waals surface area contributed by atoms with Crippen LogP contribution in [0.2, 0.25) is 0 Å². The van der Waals surface area contributed by atoms with E-state index in [-0.39, 0.29) is 12.6 Å². The maximum absolute atomic E-state index is 11.2. The number of esters is 1. The first-order valence-corrected chi connectivity index (χ1v) is 4.93. The van der Waals surface area contributed by atoms with Crippen molar-refractivity contribution in [2.75, 3.05) is 0 Å². The van der Waals surface area contributed by atoms with E-state index in [0.29, 0.717) is 5.92 Å². The van der Waals surface area contributed by atoms with E-state index in [4.69, 9.17) is 4.74 Å². The van der Waals surface area contributed by atoms with Crippen molar-refractivity contribution in [1.29, 1.82) is 0 Å². The maximum atomic E-state index is 11.2. The highest BCUT2D eigenvalue weighted by Crippen LogP contribution is 1.98. The Morgan fingerprint density at radius 1 is 1.53 bits per heavy atom. The summed E-state index contributed by atoms with van der Waals surface area (Å²) in [7, 11) is 0. The third-order valence-electron chi connectivity index (χ3n) is 1.71. The summed E-state index contributed by atoms with van der Waals surface area (Å²) >= 11 is 0. The highest BCUT2D eigenvalue weighted by Gasteiger charge is 1.98. The van der Waals surface area contributed by atoms with Gasteiger partial charge in [0.1, 0.15) is 6.61 Å². The third kappa shape index (κ3) is 4.96. The highest BCUT2D eigenvalue weighted by molar-refractivity contribution is 5.81. The van der Waals surface area contributed by atoms with Crippen molar-refractivity contribution in [3.05, 3.63) is 42.2 Å². The van der Waals surface area contributed by atoms with Crippen LogP contribution in [-0.4, -0.2) is 11.0 Å². The van der Waals surface area contributed by atoms with Gasteiger partial charge in [0.2, 0.25) is 0 Å². The number of aromatic nitrogens is 1. The Kier molecular flexibility index (Phi) is 4.54. The first-order chi connectivity index (χ1) is 7.18. The van der Waals surface area contributed by atoms with Gasteiger partial charge in [-0.15, -0.1) is 0 Å². The van der Waals surface area contributed by atoms with Gasteiger partial charge < -0.3 is 4.74 Å². The van der Waals surface area contributed by atoms with Crippen LogP contribution in [0.4, 0.5) is 0 Å². The van der Waals surface area contributed by atoms with Crippen molar-refractivity contribution >= 4 is 5.97 Å². The molecule has 1 aromatic heterocycles. The molecule has 0 spiro atoms. The summed E-state index contributed by atoms with van der Waals surface area (Å²) in [5.41, 5.74) is 0.754. The molecule has 15 heavy (non-hydrogen) atoms. The van der Waals surface area contributed by atoms with Crippen molar-refractivity contribution in [3.8, 4) is 0 Å². The fourth-order valence-corrected chi connectivity index (χ4v) is 0.948. The average Bonchev–Trinajstić information content (AvgIpc) is 2.25. The van der Waals surface area contributed by atoms with Gasteiger partial charge in [-0.05, 0) is 18.1 Å². The summed E-state index contributed by atoms with van der Waals surface area (Å²) in [5.74, 6) is 0.0294. The Balaban J connectivity index is 2.35. The Morgan fingerprint density at radius 2 is 2.33 bits per heavy atom. The van der Waals surface area contributed by atoms with Crippen LogP contribution in [0.15, 0.2) is 36.5 Å². The lowest BCUT2D eigenvalue weighted by atomic mass is 10.2. The van der Waals surface area contributed by atoms with Crippen LogP contribution in [0.5, 0.6) is 0 Å². The Morgan fingerprint density at radius 3 is 2.93 bits per heavy atom. The molecular weight excluding hydrogens is 190 g/mol. The molecule has 1 rings (SSSR count). The number of hydrogen-bond donors (Lipinski definition) is 0. The molecule has 1 heterocycles. The zero-order valence-electron chi connectivity index (χ0n) is 9.01. The van der Waals surface area contributed by atoms with Gasteiger partial charge in [-0.1, -0.05) is 26.0 Å². The molecule has 0 bridgehead atoms. The van der Waals surface area contributed by atoms with Crippen molar-refractivity contribution in [3.63, 3.8) is 0 Å². The Labute approximate surface area is 89.8 Å². The van der Waals surface area contributed by atoms with Gasteiger partial charge in [0, 0.05) is 12.3 Å². The van der Waals surface area contributed by atoms with Crippen LogP contribution in [0, 0.1) is 5.92 Å². The zero-order valence-corrected chi connectivity index (χ0v) is 9.01. The second-order valence-corrected chi connectivity index (χ2v) is 3.53. The molecule has 0 fully saturated rings. The van der Waals surface area contributed by atoms with E-state index in [2.05, 4.69) is 4.98 Å². The second kappa shape index (κ2) is 5.96. The third-order valence-corrected chi connectivity index (χ3v) is 1.71. The fourth-order valence-electron chi connectivity index (χ4n) is 0.948. The largest absolute Gasteiger partial charge is 0.456 e. The van der Waals surface area contributed by atoms with Crippen molar-refractivity contribution in [2.24, 2.45) is 5.92 Å². The molecule has 0 atom stereocenters. The highest BCUT2D eigenvalue weighted by atomic mass is 16.5.